The van der Waals surface area contributed by atoms with Crippen molar-refractivity contribution in [3.63, 3.8) is 0 Å². The van der Waals surface area contributed by atoms with E-state index in [4.69, 9.17) is 0 Å². The number of aromatic amines is 1. The summed E-state index contributed by atoms with van der Waals surface area (Å²) in [5.74, 6) is 0.442. The quantitative estimate of drug-likeness (QED) is 0.520. The van der Waals surface area contributed by atoms with Gasteiger partial charge in [-0.05, 0) is 31.0 Å². The van der Waals surface area contributed by atoms with Crippen LogP contribution in [0.15, 0.2) is 53.7 Å². The highest BCUT2D eigenvalue weighted by molar-refractivity contribution is 5.76. The minimum Gasteiger partial charge on any atom is -0.356 e. The average Bonchev–Trinajstić information content (AvgIpc) is 3.26. The standard InChI is InChI=1S/C18H19N7O/c1-13-10-20-24(12-13)9-5-8-19-18-22-16-15(17(26)23-18)11-21-25(16)14-6-3-2-4-7-14/h2-4,6-7,10-12H,5,8-9H2,1H3,(H2,19,22,23,26). The summed E-state index contributed by atoms with van der Waals surface area (Å²) in [4.78, 5) is 19.6. The number of anilines is 1. The lowest BCUT2D eigenvalue weighted by molar-refractivity contribution is 0.590. The Hall–Kier alpha value is -3.42. The SMILES string of the molecule is Cc1cnn(CCCNc2nc3c(cnn3-c3ccccc3)c(=O)[nH]2)c1. The molecular weight excluding hydrogens is 330 g/mol. The fourth-order valence-electron chi connectivity index (χ4n) is 2.80. The molecule has 0 aliphatic heterocycles. The second-order valence-electron chi connectivity index (χ2n) is 6.10. The van der Waals surface area contributed by atoms with Crippen LogP contribution in [0.2, 0.25) is 0 Å². The van der Waals surface area contributed by atoms with Crippen LogP contribution in [-0.4, -0.2) is 36.1 Å². The van der Waals surface area contributed by atoms with Crippen molar-refractivity contribution in [2.75, 3.05) is 11.9 Å². The zero-order valence-corrected chi connectivity index (χ0v) is 14.4. The summed E-state index contributed by atoms with van der Waals surface area (Å²) in [5.41, 5.74) is 2.33. The molecule has 8 heteroatoms. The molecule has 0 saturated heterocycles. The van der Waals surface area contributed by atoms with Crippen molar-refractivity contribution in [2.45, 2.75) is 19.9 Å². The fourth-order valence-corrected chi connectivity index (χ4v) is 2.80. The van der Waals surface area contributed by atoms with E-state index >= 15 is 0 Å². The van der Waals surface area contributed by atoms with Crippen molar-refractivity contribution in [1.82, 2.24) is 29.5 Å². The smallest absolute Gasteiger partial charge is 0.263 e. The summed E-state index contributed by atoms with van der Waals surface area (Å²) in [5, 5.41) is 12.2. The van der Waals surface area contributed by atoms with Gasteiger partial charge in [-0.3, -0.25) is 14.5 Å². The van der Waals surface area contributed by atoms with E-state index < -0.39 is 0 Å². The van der Waals surface area contributed by atoms with Gasteiger partial charge in [0.1, 0.15) is 5.39 Å². The third kappa shape index (κ3) is 3.21. The third-order valence-electron chi connectivity index (χ3n) is 4.06. The van der Waals surface area contributed by atoms with Crippen molar-refractivity contribution in [1.29, 1.82) is 0 Å². The predicted octanol–water partition coefficient (Wildman–Crippen LogP) is 2.12. The maximum Gasteiger partial charge on any atom is 0.263 e. The monoisotopic (exact) mass is 349 g/mol. The second-order valence-corrected chi connectivity index (χ2v) is 6.10. The molecule has 0 fully saturated rings. The van der Waals surface area contributed by atoms with Crippen LogP contribution in [0.25, 0.3) is 16.7 Å². The van der Waals surface area contributed by atoms with Gasteiger partial charge >= 0.3 is 0 Å². The number of nitrogens with zero attached hydrogens (tertiary/aromatic N) is 5. The molecule has 3 heterocycles. The van der Waals surface area contributed by atoms with Crippen LogP contribution < -0.4 is 10.9 Å². The molecule has 4 rings (SSSR count). The van der Waals surface area contributed by atoms with E-state index in [1.165, 1.54) is 6.20 Å². The summed E-state index contributed by atoms with van der Waals surface area (Å²) in [6.07, 6.45) is 6.24. The summed E-state index contributed by atoms with van der Waals surface area (Å²) in [6.45, 7) is 3.49. The molecule has 0 unspecified atom stereocenters. The number of hydrogen-bond donors (Lipinski definition) is 2. The maximum atomic E-state index is 12.3. The van der Waals surface area contributed by atoms with Gasteiger partial charge < -0.3 is 5.32 Å². The van der Waals surface area contributed by atoms with E-state index in [2.05, 4.69) is 25.5 Å². The lowest BCUT2D eigenvalue weighted by atomic mass is 10.3. The minimum atomic E-state index is -0.206. The molecule has 0 saturated carbocycles. The van der Waals surface area contributed by atoms with Crippen LogP contribution in [0.4, 0.5) is 5.95 Å². The summed E-state index contributed by atoms with van der Waals surface area (Å²) in [7, 11) is 0. The summed E-state index contributed by atoms with van der Waals surface area (Å²) < 4.78 is 3.57. The molecular formula is C18H19N7O. The van der Waals surface area contributed by atoms with Crippen molar-refractivity contribution in [3.8, 4) is 5.69 Å². The van der Waals surface area contributed by atoms with E-state index in [1.807, 2.05) is 54.3 Å². The van der Waals surface area contributed by atoms with Gasteiger partial charge in [-0.2, -0.15) is 15.2 Å². The molecule has 26 heavy (non-hydrogen) atoms. The van der Waals surface area contributed by atoms with Gasteiger partial charge in [0.25, 0.3) is 5.56 Å². The predicted molar refractivity (Wildman–Crippen MR) is 99.6 cm³/mol. The van der Waals surface area contributed by atoms with E-state index in [1.54, 1.807) is 4.68 Å². The molecule has 0 bridgehead atoms. The molecule has 3 aromatic heterocycles. The summed E-state index contributed by atoms with van der Waals surface area (Å²) >= 11 is 0. The number of benzene rings is 1. The highest BCUT2D eigenvalue weighted by Crippen LogP contribution is 2.14. The first-order valence-corrected chi connectivity index (χ1v) is 8.47. The number of aromatic nitrogens is 6. The van der Waals surface area contributed by atoms with Crippen LogP contribution in [0.1, 0.15) is 12.0 Å². The van der Waals surface area contributed by atoms with E-state index in [9.17, 15) is 4.79 Å². The Morgan fingerprint density at radius 3 is 2.77 bits per heavy atom. The third-order valence-corrected chi connectivity index (χ3v) is 4.06. The number of nitrogens with one attached hydrogen (secondary N) is 2. The first kappa shape index (κ1) is 16.1. The number of hydrogen-bond acceptors (Lipinski definition) is 5. The molecule has 0 radical (unpaired) electrons. The lowest BCUT2D eigenvalue weighted by Gasteiger charge is -2.07. The minimum absolute atomic E-state index is 0.206. The normalized spacial score (nSPS) is 11.1. The van der Waals surface area contributed by atoms with Crippen molar-refractivity contribution >= 4 is 17.0 Å². The van der Waals surface area contributed by atoms with Gasteiger partial charge in [0.2, 0.25) is 5.95 Å². The molecule has 2 N–H and O–H groups in total. The van der Waals surface area contributed by atoms with Gasteiger partial charge in [-0.1, -0.05) is 18.2 Å². The molecule has 132 valence electrons. The molecule has 0 amide bonds. The van der Waals surface area contributed by atoms with Crippen molar-refractivity contribution < 1.29 is 0 Å². The second kappa shape index (κ2) is 6.83. The number of rotatable bonds is 6. The first-order valence-electron chi connectivity index (χ1n) is 8.47. The van der Waals surface area contributed by atoms with Gasteiger partial charge in [0, 0.05) is 19.3 Å². The highest BCUT2D eigenvalue weighted by Gasteiger charge is 2.11. The zero-order chi connectivity index (χ0) is 17.9. The first-order chi connectivity index (χ1) is 12.7. The van der Waals surface area contributed by atoms with Crippen LogP contribution in [0.5, 0.6) is 0 Å². The number of fused-ring (bicyclic) bond motifs is 1. The average molecular weight is 349 g/mol. The van der Waals surface area contributed by atoms with Gasteiger partial charge in [-0.15, -0.1) is 0 Å². The Kier molecular flexibility index (Phi) is 4.22. The van der Waals surface area contributed by atoms with E-state index in [0.717, 1.165) is 24.2 Å². The maximum absolute atomic E-state index is 12.3. The molecule has 8 nitrogen and oxygen atoms in total. The van der Waals surface area contributed by atoms with Crippen LogP contribution in [-0.2, 0) is 6.54 Å². The van der Waals surface area contributed by atoms with Crippen LogP contribution in [0, 0.1) is 6.92 Å². The fraction of sp³-hybridized carbons (Fsp3) is 0.222. The highest BCUT2D eigenvalue weighted by atomic mass is 16.1. The Labute approximate surface area is 149 Å². The van der Waals surface area contributed by atoms with Gasteiger partial charge in [-0.25, -0.2) is 4.68 Å². The molecule has 4 aromatic rings. The Morgan fingerprint density at radius 1 is 1.15 bits per heavy atom. The largest absolute Gasteiger partial charge is 0.356 e. The zero-order valence-electron chi connectivity index (χ0n) is 14.4. The topological polar surface area (TPSA) is 93.4 Å². The molecule has 1 aromatic carbocycles. The molecule has 0 aliphatic rings. The van der Waals surface area contributed by atoms with E-state index in [0.29, 0.717) is 23.5 Å². The van der Waals surface area contributed by atoms with Gasteiger partial charge in [0.05, 0.1) is 18.1 Å². The van der Waals surface area contributed by atoms with Crippen LogP contribution in [0.3, 0.4) is 0 Å². The van der Waals surface area contributed by atoms with E-state index in [-0.39, 0.29) is 5.56 Å². The van der Waals surface area contributed by atoms with Crippen molar-refractivity contribution in [3.05, 3.63) is 64.8 Å². The number of aryl methyl sites for hydroxylation is 2. The number of H-pyrrole nitrogens is 1. The van der Waals surface area contributed by atoms with Crippen molar-refractivity contribution in [2.24, 2.45) is 0 Å². The Morgan fingerprint density at radius 2 is 2.00 bits per heavy atom. The Balaban J connectivity index is 1.51. The van der Waals surface area contributed by atoms with Gasteiger partial charge in [0.15, 0.2) is 5.65 Å². The lowest BCUT2D eigenvalue weighted by Crippen LogP contribution is -2.15. The molecule has 0 atom stereocenters. The van der Waals surface area contributed by atoms with Crippen LogP contribution >= 0.6 is 0 Å². The summed E-state index contributed by atoms with van der Waals surface area (Å²) in [6, 6.07) is 9.63. The molecule has 0 spiro atoms. The molecule has 0 aliphatic carbocycles. The Bertz CT molecular complexity index is 1080. The number of para-hydroxylation sites is 1.